The number of benzene rings is 1. The van der Waals surface area contributed by atoms with E-state index in [1.165, 1.54) is 9.13 Å². The number of hydrogen-bond donors (Lipinski definition) is 0. The number of nitrogens with zero attached hydrogens (tertiary/aromatic N) is 1. The van der Waals surface area contributed by atoms with Crippen LogP contribution in [0.2, 0.25) is 0 Å². The third kappa shape index (κ3) is 3.91. The maximum Gasteiger partial charge on any atom is 0.0799 e. The molecule has 1 aliphatic rings. The SMILES string of the molecule is CC1COC(CBr)CN1Cc1ccc(I)cc1. The summed E-state index contributed by atoms with van der Waals surface area (Å²) in [6.45, 7) is 5.10. The molecule has 2 nitrogen and oxygen atoms in total. The van der Waals surface area contributed by atoms with Crippen molar-refractivity contribution < 1.29 is 4.74 Å². The van der Waals surface area contributed by atoms with Gasteiger partial charge in [-0.15, -0.1) is 0 Å². The zero-order valence-corrected chi connectivity index (χ0v) is 13.6. The largest absolute Gasteiger partial charge is 0.374 e. The van der Waals surface area contributed by atoms with E-state index >= 15 is 0 Å². The number of alkyl halides is 1. The fourth-order valence-electron chi connectivity index (χ4n) is 2.01. The molecule has 0 amide bonds. The topological polar surface area (TPSA) is 12.5 Å². The van der Waals surface area contributed by atoms with Crippen LogP contribution >= 0.6 is 38.5 Å². The molecule has 2 rings (SSSR count). The van der Waals surface area contributed by atoms with Crippen LogP contribution in [0, 0.1) is 3.57 Å². The molecule has 0 bridgehead atoms. The number of rotatable bonds is 3. The van der Waals surface area contributed by atoms with E-state index in [0.717, 1.165) is 25.0 Å². The Bertz CT molecular complexity index is 357. The number of halogens is 2. The molecule has 4 heteroatoms. The molecule has 1 saturated heterocycles. The summed E-state index contributed by atoms with van der Waals surface area (Å²) >= 11 is 5.84. The van der Waals surface area contributed by atoms with Crippen LogP contribution in [0.3, 0.4) is 0 Å². The van der Waals surface area contributed by atoms with Crippen LogP contribution in [0.25, 0.3) is 0 Å². The van der Waals surface area contributed by atoms with Crippen molar-refractivity contribution in [3.05, 3.63) is 33.4 Å². The van der Waals surface area contributed by atoms with Gasteiger partial charge in [-0.1, -0.05) is 28.1 Å². The molecule has 1 fully saturated rings. The molecule has 2 unspecified atom stereocenters. The molecular formula is C13H17BrINO. The van der Waals surface area contributed by atoms with Crippen LogP contribution in [0.1, 0.15) is 12.5 Å². The lowest BCUT2D eigenvalue weighted by Crippen LogP contribution is -2.48. The van der Waals surface area contributed by atoms with Crippen LogP contribution in [0.4, 0.5) is 0 Å². The Labute approximate surface area is 125 Å². The third-order valence-corrected chi connectivity index (χ3v) is 4.55. The Morgan fingerprint density at radius 3 is 2.76 bits per heavy atom. The summed E-state index contributed by atoms with van der Waals surface area (Å²) in [5.74, 6) is 0. The molecule has 0 N–H and O–H groups in total. The van der Waals surface area contributed by atoms with E-state index in [9.17, 15) is 0 Å². The maximum atomic E-state index is 5.74. The van der Waals surface area contributed by atoms with Gasteiger partial charge in [-0.3, -0.25) is 4.90 Å². The van der Waals surface area contributed by atoms with Gasteiger partial charge in [0.2, 0.25) is 0 Å². The highest BCUT2D eigenvalue weighted by Gasteiger charge is 2.25. The van der Waals surface area contributed by atoms with E-state index in [2.05, 4.69) is 74.6 Å². The van der Waals surface area contributed by atoms with E-state index in [1.807, 2.05) is 0 Å². The highest BCUT2D eigenvalue weighted by Crippen LogP contribution is 2.17. The smallest absolute Gasteiger partial charge is 0.0799 e. The first-order chi connectivity index (χ1) is 8.19. The van der Waals surface area contributed by atoms with E-state index in [1.54, 1.807) is 0 Å². The molecular weight excluding hydrogens is 393 g/mol. The normalized spacial score (nSPS) is 26.1. The Morgan fingerprint density at radius 2 is 2.12 bits per heavy atom. The van der Waals surface area contributed by atoms with Gasteiger partial charge in [-0.25, -0.2) is 0 Å². The lowest BCUT2D eigenvalue weighted by Gasteiger charge is -2.37. The van der Waals surface area contributed by atoms with E-state index in [0.29, 0.717) is 12.1 Å². The molecule has 2 atom stereocenters. The average Bonchev–Trinajstić information content (AvgIpc) is 2.35. The summed E-state index contributed by atoms with van der Waals surface area (Å²) in [6.07, 6.45) is 0.329. The quantitative estimate of drug-likeness (QED) is 0.561. The van der Waals surface area contributed by atoms with Crippen molar-refractivity contribution >= 4 is 38.5 Å². The molecule has 1 aromatic carbocycles. The summed E-state index contributed by atoms with van der Waals surface area (Å²) in [4.78, 5) is 2.50. The van der Waals surface area contributed by atoms with Gasteiger partial charge in [0.05, 0.1) is 12.7 Å². The minimum atomic E-state index is 0.329. The minimum Gasteiger partial charge on any atom is -0.374 e. The van der Waals surface area contributed by atoms with E-state index in [-0.39, 0.29) is 0 Å². The van der Waals surface area contributed by atoms with Gasteiger partial charge in [0.1, 0.15) is 0 Å². The van der Waals surface area contributed by atoms with Crippen molar-refractivity contribution in [2.45, 2.75) is 25.6 Å². The highest BCUT2D eigenvalue weighted by molar-refractivity contribution is 14.1. The molecule has 0 saturated carbocycles. The summed E-state index contributed by atoms with van der Waals surface area (Å²) < 4.78 is 7.03. The number of ether oxygens (including phenoxy) is 1. The molecule has 0 aromatic heterocycles. The maximum absolute atomic E-state index is 5.74. The molecule has 1 heterocycles. The zero-order valence-electron chi connectivity index (χ0n) is 9.90. The summed E-state index contributed by atoms with van der Waals surface area (Å²) in [5.41, 5.74) is 1.38. The predicted molar refractivity (Wildman–Crippen MR) is 82.6 cm³/mol. The van der Waals surface area contributed by atoms with Crippen molar-refractivity contribution in [3.8, 4) is 0 Å². The van der Waals surface area contributed by atoms with Crippen LogP contribution in [-0.4, -0.2) is 35.5 Å². The summed E-state index contributed by atoms with van der Waals surface area (Å²) in [6, 6.07) is 9.27. The Kier molecular flexibility index (Phi) is 5.26. The van der Waals surface area contributed by atoms with Crippen LogP contribution in [0.5, 0.6) is 0 Å². The molecule has 17 heavy (non-hydrogen) atoms. The molecule has 0 aliphatic carbocycles. The standard InChI is InChI=1S/C13H17BrINO/c1-10-9-17-13(6-14)8-16(10)7-11-2-4-12(15)5-3-11/h2-5,10,13H,6-9H2,1H3. The molecule has 0 spiro atoms. The Hall–Kier alpha value is 0.350. The fourth-order valence-corrected chi connectivity index (χ4v) is 2.76. The predicted octanol–water partition coefficient (Wildman–Crippen LogP) is 3.28. The highest BCUT2D eigenvalue weighted by atomic mass is 127. The number of hydrogen-bond acceptors (Lipinski definition) is 2. The van der Waals surface area contributed by atoms with Gasteiger partial charge in [0, 0.05) is 28.0 Å². The summed E-state index contributed by atoms with van der Waals surface area (Å²) in [5, 5.41) is 0.920. The van der Waals surface area contributed by atoms with Gasteiger partial charge < -0.3 is 4.74 Å². The second kappa shape index (κ2) is 6.50. The third-order valence-electron chi connectivity index (χ3n) is 3.11. The minimum absolute atomic E-state index is 0.329. The van der Waals surface area contributed by atoms with Crippen molar-refractivity contribution in [1.29, 1.82) is 0 Å². The van der Waals surface area contributed by atoms with Crippen molar-refractivity contribution in [2.75, 3.05) is 18.5 Å². The van der Waals surface area contributed by atoms with Crippen molar-refractivity contribution in [3.63, 3.8) is 0 Å². The van der Waals surface area contributed by atoms with Gasteiger partial charge >= 0.3 is 0 Å². The van der Waals surface area contributed by atoms with Gasteiger partial charge in [0.25, 0.3) is 0 Å². The second-order valence-corrected chi connectivity index (χ2v) is 6.41. The van der Waals surface area contributed by atoms with Crippen LogP contribution in [-0.2, 0) is 11.3 Å². The average molecular weight is 410 g/mol. The fraction of sp³-hybridized carbons (Fsp3) is 0.538. The van der Waals surface area contributed by atoms with Crippen molar-refractivity contribution in [2.24, 2.45) is 0 Å². The lowest BCUT2D eigenvalue weighted by atomic mass is 10.1. The first kappa shape index (κ1) is 13.8. The van der Waals surface area contributed by atoms with Crippen LogP contribution < -0.4 is 0 Å². The molecule has 0 radical (unpaired) electrons. The summed E-state index contributed by atoms with van der Waals surface area (Å²) in [7, 11) is 0. The second-order valence-electron chi connectivity index (χ2n) is 4.51. The van der Waals surface area contributed by atoms with Crippen LogP contribution in [0.15, 0.2) is 24.3 Å². The van der Waals surface area contributed by atoms with E-state index in [4.69, 9.17) is 4.74 Å². The lowest BCUT2D eigenvalue weighted by molar-refractivity contribution is -0.0499. The van der Waals surface area contributed by atoms with Gasteiger partial charge in [-0.2, -0.15) is 0 Å². The Balaban J connectivity index is 1.98. The number of morpholine rings is 1. The molecule has 94 valence electrons. The monoisotopic (exact) mass is 409 g/mol. The zero-order chi connectivity index (χ0) is 12.3. The Morgan fingerprint density at radius 1 is 1.41 bits per heavy atom. The molecule has 1 aliphatic heterocycles. The first-order valence-corrected chi connectivity index (χ1v) is 8.05. The van der Waals surface area contributed by atoms with Gasteiger partial charge in [0.15, 0.2) is 0 Å². The molecule has 1 aromatic rings. The van der Waals surface area contributed by atoms with Gasteiger partial charge in [-0.05, 0) is 47.2 Å². The van der Waals surface area contributed by atoms with E-state index < -0.39 is 0 Å². The van der Waals surface area contributed by atoms with Crippen molar-refractivity contribution in [1.82, 2.24) is 4.90 Å². The first-order valence-electron chi connectivity index (χ1n) is 5.85.